The van der Waals surface area contributed by atoms with Gasteiger partial charge in [-0.25, -0.2) is 9.38 Å². The van der Waals surface area contributed by atoms with Crippen LogP contribution in [-0.4, -0.2) is 42.3 Å². The largest absolute Gasteiger partial charge is 0.378 e. The number of hydrogen-bond donors (Lipinski definition) is 1. The number of aryl methyl sites for hydroxylation is 2. The van der Waals surface area contributed by atoms with Crippen LogP contribution in [0, 0.1) is 5.82 Å². The van der Waals surface area contributed by atoms with Gasteiger partial charge in [0.15, 0.2) is 11.7 Å². The fraction of sp³-hybridized carbons (Fsp3) is 0.304. The van der Waals surface area contributed by atoms with Gasteiger partial charge in [-0.2, -0.15) is 0 Å². The summed E-state index contributed by atoms with van der Waals surface area (Å²) in [6.45, 7) is 3.16. The van der Waals surface area contributed by atoms with Crippen LogP contribution < -0.4 is 5.73 Å². The third-order valence-corrected chi connectivity index (χ3v) is 5.13. The van der Waals surface area contributed by atoms with Gasteiger partial charge < -0.3 is 19.9 Å². The zero-order valence-corrected chi connectivity index (χ0v) is 16.8. The number of nitrogens with zero attached hydrogens (tertiary/aromatic N) is 3. The van der Waals surface area contributed by atoms with E-state index in [4.69, 9.17) is 15.0 Å². The second-order valence-corrected chi connectivity index (χ2v) is 7.24. The van der Waals surface area contributed by atoms with Crippen molar-refractivity contribution < 1.29 is 13.7 Å². The molecule has 1 aliphatic heterocycles. The molecule has 0 amide bonds. The maximum absolute atomic E-state index is 14.5. The normalized spacial score (nSPS) is 14.8. The highest BCUT2D eigenvalue weighted by molar-refractivity contribution is 5.78. The summed E-state index contributed by atoms with van der Waals surface area (Å²) in [6.07, 6.45) is 1.34. The van der Waals surface area contributed by atoms with Gasteiger partial charge in [-0.15, -0.1) is 0 Å². The molecule has 0 unspecified atom stereocenters. The Morgan fingerprint density at radius 3 is 2.63 bits per heavy atom. The Morgan fingerprint density at radius 1 is 1.07 bits per heavy atom. The van der Waals surface area contributed by atoms with Crippen molar-refractivity contribution in [3.63, 3.8) is 0 Å². The van der Waals surface area contributed by atoms with Gasteiger partial charge in [0, 0.05) is 24.7 Å². The van der Waals surface area contributed by atoms with Crippen molar-refractivity contribution in [3.05, 3.63) is 77.4 Å². The van der Waals surface area contributed by atoms with Crippen molar-refractivity contribution in [1.82, 2.24) is 10.1 Å². The first-order valence-corrected chi connectivity index (χ1v) is 10.1. The molecule has 0 spiro atoms. The Balaban J connectivity index is 1.32. The van der Waals surface area contributed by atoms with E-state index in [2.05, 4.69) is 10.1 Å². The molecule has 0 saturated carbocycles. The third-order valence-electron chi connectivity index (χ3n) is 5.13. The van der Waals surface area contributed by atoms with Crippen molar-refractivity contribution in [2.24, 2.45) is 10.7 Å². The van der Waals surface area contributed by atoms with Crippen LogP contribution in [0.5, 0.6) is 0 Å². The lowest BCUT2D eigenvalue weighted by Crippen LogP contribution is -2.44. The molecule has 2 N–H and O–H groups in total. The van der Waals surface area contributed by atoms with Crippen LogP contribution in [0.2, 0.25) is 0 Å². The summed E-state index contributed by atoms with van der Waals surface area (Å²) in [4.78, 5) is 6.38. The summed E-state index contributed by atoms with van der Waals surface area (Å²) >= 11 is 0. The van der Waals surface area contributed by atoms with Crippen LogP contribution in [0.1, 0.15) is 17.0 Å². The number of rotatable bonds is 6. The summed E-state index contributed by atoms with van der Waals surface area (Å²) in [7, 11) is 0. The Bertz CT molecular complexity index is 997. The second-order valence-electron chi connectivity index (χ2n) is 7.24. The van der Waals surface area contributed by atoms with Gasteiger partial charge in [-0.3, -0.25) is 0 Å². The monoisotopic (exact) mass is 408 g/mol. The van der Waals surface area contributed by atoms with Crippen LogP contribution in [-0.2, 0) is 24.1 Å². The van der Waals surface area contributed by atoms with Crippen LogP contribution in [0.3, 0.4) is 0 Å². The summed E-state index contributed by atoms with van der Waals surface area (Å²) in [5.41, 5.74) is 9.25. The molecule has 1 saturated heterocycles. The van der Waals surface area contributed by atoms with Gasteiger partial charge in [0.2, 0.25) is 0 Å². The minimum Gasteiger partial charge on any atom is -0.378 e. The molecule has 4 rings (SSSR count). The number of hydrogen-bond acceptors (Lipinski definition) is 4. The quantitative estimate of drug-likeness (QED) is 0.500. The number of morpholine rings is 1. The van der Waals surface area contributed by atoms with Crippen molar-refractivity contribution in [2.45, 2.75) is 19.4 Å². The molecule has 3 aromatic rings. The Hall–Kier alpha value is -3.19. The zero-order chi connectivity index (χ0) is 20.8. The average Bonchev–Trinajstić information content (AvgIpc) is 3.25. The van der Waals surface area contributed by atoms with E-state index in [0.29, 0.717) is 49.9 Å². The fourth-order valence-corrected chi connectivity index (χ4v) is 3.44. The number of nitrogens with two attached hydrogens (primary N) is 1. The molecule has 0 radical (unpaired) electrons. The predicted molar refractivity (Wildman–Crippen MR) is 113 cm³/mol. The topological polar surface area (TPSA) is 76.9 Å². The Morgan fingerprint density at radius 2 is 1.87 bits per heavy atom. The second kappa shape index (κ2) is 9.54. The van der Waals surface area contributed by atoms with Crippen LogP contribution in [0.15, 0.2) is 64.1 Å². The van der Waals surface area contributed by atoms with E-state index >= 15 is 0 Å². The molecular formula is C23H25FN4O2. The number of benzene rings is 2. The van der Waals surface area contributed by atoms with Crippen LogP contribution >= 0.6 is 0 Å². The van der Waals surface area contributed by atoms with E-state index in [-0.39, 0.29) is 5.82 Å². The molecule has 0 atom stereocenters. The lowest BCUT2D eigenvalue weighted by atomic mass is 10.0. The minimum atomic E-state index is -0.215. The van der Waals surface area contributed by atoms with Crippen molar-refractivity contribution >= 4 is 5.96 Å². The van der Waals surface area contributed by atoms with Gasteiger partial charge in [-0.05, 0) is 30.0 Å². The molecule has 0 aliphatic carbocycles. The van der Waals surface area contributed by atoms with Gasteiger partial charge in [0.25, 0.3) is 0 Å². The zero-order valence-electron chi connectivity index (χ0n) is 16.8. The number of guanidine groups is 1. The van der Waals surface area contributed by atoms with Crippen molar-refractivity contribution in [1.29, 1.82) is 0 Å². The smallest absolute Gasteiger partial charge is 0.191 e. The Kier molecular flexibility index (Phi) is 6.39. The fourth-order valence-electron chi connectivity index (χ4n) is 3.44. The molecule has 1 fully saturated rings. The molecule has 2 heterocycles. The standard InChI is InChI=1S/C23H25FN4O2/c24-22-14-17(7-9-21(22)18-4-2-1-3-5-18)6-8-19-15-20(30-27-19)16-26-23(25)28-10-12-29-13-11-28/h1-5,7,9,14-15H,6,8,10-13,16H2,(H2,25,26). The highest BCUT2D eigenvalue weighted by Crippen LogP contribution is 2.24. The summed E-state index contributed by atoms with van der Waals surface area (Å²) in [6, 6.07) is 16.8. The first-order chi connectivity index (χ1) is 14.7. The van der Waals surface area contributed by atoms with Gasteiger partial charge in [-0.1, -0.05) is 47.6 Å². The lowest BCUT2D eigenvalue weighted by molar-refractivity contribution is 0.0674. The molecule has 156 valence electrons. The van der Waals surface area contributed by atoms with E-state index < -0.39 is 0 Å². The van der Waals surface area contributed by atoms with Crippen LogP contribution in [0.25, 0.3) is 11.1 Å². The molecule has 2 aromatic carbocycles. The molecule has 0 bridgehead atoms. The van der Waals surface area contributed by atoms with Crippen molar-refractivity contribution in [3.8, 4) is 11.1 Å². The average molecular weight is 408 g/mol. The summed E-state index contributed by atoms with van der Waals surface area (Å²) in [5.74, 6) is 0.935. The van der Waals surface area contributed by atoms with E-state index in [1.807, 2.05) is 53.4 Å². The van der Waals surface area contributed by atoms with E-state index in [0.717, 1.165) is 29.9 Å². The number of aromatic nitrogens is 1. The number of ether oxygens (including phenoxy) is 1. The Labute approximate surface area is 175 Å². The van der Waals surface area contributed by atoms with Gasteiger partial charge in [0.1, 0.15) is 12.4 Å². The molecular weight excluding hydrogens is 383 g/mol. The van der Waals surface area contributed by atoms with Crippen molar-refractivity contribution in [2.75, 3.05) is 26.3 Å². The van der Waals surface area contributed by atoms with E-state index in [9.17, 15) is 4.39 Å². The van der Waals surface area contributed by atoms with E-state index in [1.165, 1.54) is 0 Å². The lowest BCUT2D eigenvalue weighted by Gasteiger charge is -2.27. The molecule has 30 heavy (non-hydrogen) atoms. The first kappa shape index (κ1) is 20.1. The molecule has 6 nitrogen and oxygen atoms in total. The molecule has 1 aromatic heterocycles. The SMILES string of the molecule is NC(=NCc1cc(CCc2ccc(-c3ccccc3)c(F)c2)no1)N1CCOCC1. The highest BCUT2D eigenvalue weighted by atomic mass is 19.1. The maximum Gasteiger partial charge on any atom is 0.191 e. The summed E-state index contributed by atoms with van der Waals surface area (Å²) < 4.78 is 25.2. The molecule has 1 aliphatic rings. The van der Waals surface area contributed by atoms with Gasteiger partial charge >= 0.3 is 0 Å². The number of halogens is 1. The minimum absolute atomic E-state index is 0.215. The summed E-state index contributed by atoms with van der Waals surface area (Å²) in [5, 5.41) is 4.10. The number of aliphatic imine (C=N–C) groups is 1. The first-order valence-electron chi connectivity index (χ1n) is 10.1. The third kappa shape index (κ3) is 5.04. The predicted octanol–water partition coefficient (Wildman–Crippen LogP) is 3.41. The maximum atomic E-state index is 14.5. The van der Waals surface area contributed by atoms with Gasteiger partial charge in [0.05, 0.1) is 18.9 Å². The highest BCUT2D eigenvalue weighted by Gasteiger charge is 2.13. The van der Waals surface area contributed by atoms with E-state index in [1.54, 1.807) is 6.07 Å². The molecule has 7 heteroatoms. The van der Waals surface area contributed by atoms with Crippen LogP contribution in [0.4, 0.5) is 4.39 Å².